The monoisotopic (exact) mass is 309 g/mol. The van der Waals surface area contributed by atoms with Gasteiger partial charge in [-0.3, -0.25) is 0 Å². The molecule has 0 spiro atoms. The molecule has 2 rings (SSSR count). The summed E-state index contributed by atoms with van der Waals surface area (Å²) >= 11 is 3.38. The van der Waals surface area contributed by atoms with Crippen LogP contribution in [0.25, 0.3) is 0 Å². The zero-order valence-corrected chi connectivity index (χ0v) is 11.8. The van der Waals surface area contributed by atoms with Crippen molar-refractivity contribution in [3.63, 3.8) is 0 Å². The molecule has 1 aromatic heterocycles. The Morgan fingerprint density at radius 3 is 2.50 bits per heavy atom. The summed E-state index contributed by atoms with van der Waals surface area (Å²) in [6, 6.07) is 11.7. The molecule has 0 aliphatic heterocycles. The highest BCUT2D eigenvalue weighted by molar-refractivity contribution is 9.10. The summed E-state index contributed by atoms with van der Waals surface area (Å²) in [5.74, 6) is 2.54. The van der Waals surface area contributed by atoms with Gasteiger partial charge in [0.15, 0.2) is 0 Å². The highest BCUT2D eigenvalue weighted by atomic mass is 79.9. The van der Waals surface area contributed by atoms with Crippen LogP contribution in [-0.4, -0.2) is 6.04 Å². The predicted molar refractivity (Wildman–Crippen MR) is 74.5 cm³/mol. The number of furan rings is 1. The van der Waals surface area contributed by atoms with Gasteiger partial charge in [0, 0.05) is 16.9 Å². The van der Waals surface area contributed by atoms with Gasteiger partial charge in [-0.05, 0) is 43.3 Å². The number of benzene rings is 1. The number of nitrogens with two attached hydrogens (primary N) is 1. The zero-order chi connectivity index (χ0) is 13.0. The molecule has 2 N–H and O–H groups in total. The van der Waals surface area contributed by atoms with Crippen LogP contribution in [0.3, 0.4) is 0 Å². The van der Waals surface area contributed by atoms with Gasteiger partial charge in [-0.15, -0.1) is 0 Å². The lowest BCUT2D eigenvalue weighted by molar-refractivity contribution is 0.265. The molecule has 0 bridgehead atoms. The molecule has 18 heavy (non-hydrogen) atoms. The normalized spacial score (nSPS) is 12.4. The van der Waals surface area contributed by atoms with Crippen LogP contribution < -0.4 is 10.5 Å². The minimum absolute atomic E-state index is 0.108. The molecule has 0 radical (unpaired) electrons. The van der Waals surface area contributed by atoms with Crippen molar-refractivity contribution in [2.24, 2.45) is 5.73 Å². The first-order valence-electron chi connectivity index (χ1n) is 5.85. The fraction of sp³-hybridized carbons (Fsp3) is 0.286. The van der Waals surface area contributed by atoms with Gasteiger partial charge < -0.3 is 14.9 Å². The van der Waals surface area contributed by atoms with Gasteiger partial charge >= 0.3 is 0 Å². The van der Waals surface area contributed by atoms with E-state index < -0.39 is 0 Å². The van der Waals surface area contributed by atoms with E-state index >= 15 is 0 Å². The summed E-state index contributed by atoms with van der Waals surface area (Å²) in [4.78, 5) is 0. The fourth-order valence-electron chi connectivity index (χ4n) is 1.61. The van der Waals surface area contributed by atoms with E-state index in [0.29, 0.717) is 6.61 Å². The molecule has 1 atom stereocenters. The third-order valence-corrected chi connectivity index (χ3v) is 2.96. The van der Waals surface area contributed by atoms with E-state index in [1.807, 2.05) is 43.3 Å². The molecule has 96 valence electrons. The Labute approximate surface area is 115 Å². The predicted octanol–water partition coefficient (Wildman–Crippen LogP) is 3.51. The summed E-state index contributed by atoms with van der Waals surface area (Å²) in [5, 5.41) is 0. The largest absolute Gasteiger partial charge is 0.486 e. The standard InChI is InChI=1S/C14H16BrNO2/c1-10(16)8-13-6-7-14(18-13)9-17-12-4-2-11(15)3-5-12/h2-7,10H,8-9,16H2,1H3. The highest BCUT2D eigenvalue weighted by Crippen LogP contribution is 2.18. The summed E-state index contributed by atoms with van der Waals surface area (Å²) < 4.78 is 12.3. The second-order valence-electron chi connectivity index (χ2n) is 4.29. The van der Waals surface area contributed by atoms with Gasteiger partial charge in [0.25, 0.3) is 0 Å². The van der Waals surface area contributed by atoms with Gasteiger partial charge in [-0.25, -0.2) is 0 Å². The highest BCUT2D eigenvalue weighted by Gasteiger charge is 2.05. The van der Waals surface area contributed by atoms with Gasteiger partial charge in [0.1, 0.15) is 23.9 Å². The van der Waals surface area contributed by atoms with Crippen molar-refractivity contribution in [3.8, 4) is 5.75 Å². The molecular weight excluding hydrogens is 294 g/mol. The Hall–Kier alpha value is -1.26. The third-order valence-electron chi connectivity index (χ3n) is 2.44. The Kier molecular flexibility index (Phi) is 4.44. The smallest absolute Gasteiger partial charge is 0.146 e. The Balaban J connectivity index is 1.90. The molecule has 1 unspecified atom stereocenters. The van der Waals surface area contributed by atoms with E-state index in [-0.39, 0.29) is 6.04 Å². The molecule has 2 aromatic rings. The van der Waals surface area contributed by atoms with E-state index in [9.17, 15) is 0 Å². The maximum absolute atomic E-state index is 5.72. The SMILES string of the molecule is CC(N)Cc1ccc(COc2ccc(Br)cc2)o1. The van der Waals surface area contributed by atoms with Crippen LogP contribution in [0, 0.1) is 0 Å². The van der Waals surface area contributed by atoms with E-state index in [0.717, 1.165) is 28.2 Å². The molecule has 0 fully saturated rings. The van der Waals surface area contributed by atoms with Crippen molar-refractivity contribution in [1.82, 2.24) is 0 Å². The number of halogens is 1. The van der Waals surface area contributed by atoms with Crippen molar-refractivity contribution >= 4 is 15.9 Å². The molecule has 3 nitrogen and oxygen atoms in total. The van der Waals surface area contributed by atoms with Gasteiger partial charge in [0.2, 0.25) is 0 Å². The van der Waals surface area contributed by atoms with Crippen LogP contribution in [0.4, 0.5) is 0 Å². The minimum Gasteiger partial charge on any atom is -0.486 e. The lowest BCUT2D eigenvalue weighted by Gasteiger charge is -2.04. The van der Waals surface area contributed by atoms with E-state index in [1.54, 1.807) is 0 Å². The van der Waals surface area contributed by atoms with Crippen LogP contribution in [0.5, 0.6) is 5.75 Å². The average molecular weight is 310 g/mol. The molecule has 1 heterocycles. The van der Waals surface area contributed by atoms with Crippen LogP contribution in [0.15, 0.2) is 45.3 Å². The first kappa shape index (κ1) is 13.2. The van der Waals surface area contributed by atoms with Gasteiger partial charge in [-0.1, -0.05) is 15.9 Å². The van der Waals surface area contributed by atoms with Crippen molar-refractivity contribution in [3.05, 3.63) is 52.4 Å². The molecule has 0 aliphatic carbocycles. The number of ether oxygens (including phenoxy) is 1. The fourth-order valence-corrected chi connectivity index (χ4v) is 1.88. The van der Waals surface area contributed by atoms with Crippen LogP contribution in [0.1, 0.15) is 18.4 Å². The number of rotatable bonds is 5. The summed E-state index contributed by atoms with van der Waals surface area (Å²) in [5.41, 5.74) is 5.72. The van der Waals surface area contributed by atoms with Crippen molar-refractivity contribution in [2.45, 2.75) is 26.0 Å². The first-order valence-corrected chi connectivity index (χ1v) is 6.64. The quantitative estimate of drug-likeness (QED) is 0.919. The van der Waals surface area contributed by atoms with Gasteiger partial charge in [-0.2, -0.15) is 0 Å². The van der Waals surface area contributed by atoms with Crippen LogP contribution in [0.2, 0.25) is 0 Å². The summed E-state index contributed by atoms with van der Waals surface area (Å²) in [6.07, 6.45) is 0.748. The maximum atomic E-state index is 5.72. The van der Waals surface area contributed by atoms with Crippen LogP contribution >= 0.6 is 15.9 Å². The third kappa shape index (κ3) is 3.89. The molecule has 0 amide bonds. The lowest BCUT2D eigenvalue weighted by Crippen LogP contribution is -2.17. The molecule has 0 aliphatic rings. The molecule has 4 heteroatoms. The molecule has 0 saturated heterocycles. The number of hydrogen-bond donors (Lipinski definition) is 1. The number of hydrogen-bond acceptors (Lipinski definition) is 3. The molecular formula is C14H16BrNO2. The van der Waals surface area contributed by atoms with E-state index in [4.69, 9.17) is 14.9 Å². The van der Waals surface area contributed by atoms with Gasteiger partial charge in [0.05, 0.1) is 0 Å². The van der Waals surface area contributed by atoms with E-state index in [1.165, 1.54) is 0 Å². The topological polar surface area (TPSA) is 48.4 Å². The zero-order valence-electron chi connectivity index (χ0n) is 10.2. The lowest BCUT2D eigenvalue weighted by atomic mass is 10.2. The van der Waals surface area contributed by atoms with Crippen molar-refractivity contribution in [2.75, 3.05) is 0 Å². The van der Waals surface area contributed by atoms with E-state index in [2.05, 4.69) is 15.9 Å². The first-order chi connectivity index (χ1) is 8.63. The minimum atomic E-state index is 0.108. The summed E-state index contributed by atoms with van der Waals surface area (Å²) in [7, 11) is 0. The Morgan fingerprint density at radius 2 is 1.83 bits per heavy atom. The maximum Gasteiger partial charge on any atom is 0.146 e. The van der Waals surface area contributed by atoms with Crippen molar-refractivity contribution in [1.29, 1.82) is 0 Å². The second-order valence-corrected chi connectivity index (χ2v) is 5.21. The molecule has 0 saturated carbocycles. The van der Waals surface area contributed by atoms with Crippen molar-refractivity contribution < 1.29 is 9.15 Å². The second kappa shape index (κ2) is 6.07. The Morgan fingerprint density at radius 1 is 1.17 bits per heavy atom. The average Bonchev–Trinajstić information content (AvgIpc) is 2.75. The molecule has 1 aromatic carbocycles. The Bertz CT molecular complexity index is 491. The van der Waals surface area contributed by atoms with Crippen LogP contribution in [-0.2, 0) is 13.0 Å². The summed E-state index contributed by atoms with van der Waals surface area (Å²) in [6.45, 7) is 2.39.